The molecule has 0 aliphatic rings. The predicted octanol–water partition coefficient (Wildman–Crippen LogP) is 3.17. The Bertz CT molecular complexity index is 317. The third-order valence-corrected chi connectivity index (χ3v) is 3.43. The molecule has 0 amide bonds. The summed E-state index contributed by atoms with van der Waals surface area (Å²) in [5.74, 6) is 2.92. The Balaban J connectivity index is 2.40. The van der Waals surface area contributed by atoms with Crippen molar-refractivity contribution >= 4 is 11.8 Å². The van der Waals surface area contributed by atoms with Crippen LogP contribution in [-0.4, -0.2) is 25.2 Å². The molecule has 0 fully saturated rings. The van der Waals surface area contributed by atoms with E-state index in [-0.39, 0.29) is 0 Å². The second-order valence-electron chi connectivity index (χ2n) is 4.23. The number of hydrogen-bond donors (Lipinski definition) is 1. The fraction of sp³-hybridized carbons (Fsp3) is 0.571. The summed E-state index contributed by atoms with van der Waals surface area (Å²) >= 11 is 1.90. The molecule has 0 saturated heterocycles. The molecule has 1 aromatic carbocycles. The van der Waals surface area contributed by atoms with Crippen molar-refractivity contribution in [2.45, 2.75) is 20.4 Å². The van der Waals surface area contributed by atoms with Gasteiger partial charge in [-0.25, -0.2) is 0 Å². The van der Waals surface area contributed by atoms with Gasteiger partial charge in [0.1, 0.15) is 5.75 Å². The second-order valence-corrected chi connectivity index (χ2v) is 5.14. The summed E-state index contributed by atoms with van der Waals surface area (Å²) in [5, 5.41) is 3.49. The minimum atomic E-state index is 0.712. The van der Waals surface area contributed by atoms with Crippen LogP contribution >= 0.6 is 11.8 Å². The van der Waals surface area contributed by atoms with Gasteiger partial charge in [-0.3, -0.25) is 0 Å². The highest BCUT2D eigenvalue weighted by Gasteiger charge is 2.03. The van der Waals surface area contributed by atoms with Crippen LogP contribution in [0.4, 0.5) is 0 Å². The van der Waals surface area contributed by atoms with Crippen LogP contribution in [-0.2, 0) is 6.54 Å². The molecule has 0 radical (unpaired) electrons. The summed E-state index contributed by atoms with van der Waals surface area (Å²) in [6, 6.07) is 8.23. The van der Waals surface area contributed by atoms with Gasteiger partial charge in [0.2, 0.25) is 0 Å². The molecule has 1 atom stereocenters. The van der Waals surface area contributed by atoms with Gasteiger partial charge in [-0.2, -0.15) is 11.8 Å². The minimum absolute atomic E-state index is 0.712. The van der Waals surface area contributed by atoms with E-state index in [1.54, 1.807) is 0 Å². The third-order valence-electron chi connectivity index (χ3n) is 2.53. The largest absolute Gasteiger partial charge is 0.494 e. The van der Waals surface area contributed by atoms with Crippen molar-refractivity contribution in [1.82, 2.24) is 5.32 Å². The molecule has 3 heteroatoms. The zero-order valence-corrected chi connectivity index (χ0v) is 11.8. The predicted molar refractivity (Wildman–Crippen MR) is 76.9 cm³/mol. The van der Waals surface area contributed by atoms with E-state index in [1.807, 2.05) is 30.8 Å². The number of thioether (sulfide) groups is 1. The van der Waals surface area contributed by atoms with Gasteiger partial charge >= 0.3 is 0 Å². The van der Waals surface area contributed by atoms with Crippen LogP contribution < -0.4 is 10.1 Å². The fourth-order valence-corrected chi connectivity index (χ4v) is 2.43. The number of ether oxygens (including phenoxy) is 1. The molecular formula is C14H23NOS. The molecule has 0 aliphatic heterocycles. The van der Waals surface area contributed by atoms with Crippen molar-refractivity contribution in [2.75, 3.05) is 25.2 Å². The van der Waals surface area contributed by atoms with Gasteiger partial charge in [0.05, 0.1) is 6.61 Å². The molecule has 0 spiro atoms. The van der Waals surface area contributed by atoms with Crippen LogP contribution in [0.3, 0.4) is 0 Å². The smallest absolute Gasteiger partial charge is 0.123 e. The van der Waals surface area contributed by atoms with E-state index in [9.17, 15) is 0 Å². The monoisotopic (exact) mass is 253 g/mol. The van der Waals surface area contributed by atoms with Crippen molar-refractivity contribution in [3.8, 4) is 5.75 Å². The van der Waals surface area contributed by atoms with Crippen LogP contribution in [0.15, 0.2) is 24.3 Å². The minimum Gasteiger partial charge on any atom is -0.494 e. The molecule has 0 heterocycles. The lowest BCUT2D eigenvalue weighted by molar-refractivity contribution is 0.335. The second kappa shape index (κ2) is 8.43. The van der Waals surface area contributed by atoms with Crippen LogP contribution in [0.2, 0.25) is 0 Å². The molecule has 2 nitrogen and oxygen atoms in total. The van der Waals surface area contributed by atoms with Crippen LogP contribution in [0.1, 0.15) is 19.4 Å². The Hall–Kier alpha value is -0.670. The van der Waals surface area contributed by atoms with Crippen molar-refractivity contribution in [1.29, 1.82) is 0 Å². The van der Waals surface area contributed by atoms with Gasteiger partial charge in [-0.1, -0.05) is 25.1 Å². The van der Waals surface area contributed by atoms with E-state index in [0.29, 0.717) is 5.92 Å². The van der Waals surface area contributed by atoms with Crippen LogP contribution in [0.25, 0.3) is 0 Å². The standard InChI is InChI=1S/C14H23NOS/c1-4-16-14-8-6-5-7-13(14)10-15-9-12(2)11-17-3/h5-8,12,15H,4,9-11H2,1-3H3. The Labute approximate surface area is 109 Å². The van der Waals surface area contributed by atoms with E-state index in [0.717, 1.165) is 25.4 Å². The molecule has 1 aromatic rings. The van der Waals surface area contributed by atoms with Crippen molar-refractivity contribution in [3.63, 3.8) is 0 Å². The van der Waals surface area contributed by atoms with E-state index >= 15 is 0 Å². The SMILES string of the molecule is CCOc1ccccc1CNCC(C)CSC. The Morgan fingerprint density at radius 2 is 2.12 bits per heavy atom. The molecular weight excluding hydrogens is 230 g/mol. The third kappa shape index (κ3) is 5.46. The van der Waals surface area contributed by atoms with Gasteiger partial charge in [-0.15, -0.1) is 0 Å². The summed E-state index contributed by atoms with van der Waals surface area (Å²) in [7, 11) is 0. The highest BCUT2D eigenvalue weighted by atomic mass is 32.2. The van der Waals surface area contributed by atoms with Crippen LogP contribution in [0.5, 0.6) is 5.75 Å². The summed E-state index contributed by atoms with van der Waals surface area (Å²) in [4.78, 5) is 0. The van der Waals surface area contributed by atoms with Gasteiger partial charge in [-0.05, 0) is 37.5 Å². The maximum absolute atomic E-state index is 5.60. The quantitative estimate of drug-likeness (QED) is 0.769. The molecule has 1 rings (SSSR count). The molecule has 0 saturated carbocycles. The molecule has 0 aromatic heterocycles. The average Bonchev–Trinajstić information content (AvgIpc) is 2.32. The maximum Gasteiger partial charge on any atom is 0.123 e. The lowest BCUT2D eigenvalue weighted by Crippen LogP contribution is -2.22. The fourth-order valence-electron chi connectivity index (χ4n) is 1.74. The van der Waals surface area contributed by atoms with Crippen molar-refractivity contribution < 1.29 is 4.74 Å². The van der Waals surface area contributed by atoms with Gasteiger partial charge < -0.3 is 10.1 Å². The Morgan fingerprint density at radius 1 is 1.35 bits per heavy atom. The highest BCUT2D eigenvalue weighted by molar-refractivity contribution is 7.98. The van der Waals surface area contributed by atoms with E-state index < -0.39 is 0 Å². The first kappa shape index (κ1) is 14.4. The van der Waals surface area contributed by atoms with E-state index in [1.165, 1.54) is 11.3 Å². The Morgan fingerprint density at radius 3 is 2.82 bits per heavy atom. The average molecular weight is 253 g/mol. The zero-order chi connectivity index (χ0) is 12.5. The normalized spacial score (nSPS) is 12.4. The summed E-state index contributed by atoms with van der Waals surface area (Å²) < 4.78 is 5.60. The molecule has 0 aliphatic carbocycles. The Kier molecular flexibility index (Phi) is 7.13. The first-order valence-electron chi connectivity index (χ1n) is 6.18. The molecule has 1 N–H and O–H groups in total. The number of para-hydroxylation sites is 1. The lowest BCUT2D eigenvalue weighted by atomic mass is 10.2. The molecule has 0 bridgehead atoms. The number of nitrogens with one attached hydrogen (secondary N) is 1. The first-order chi connectivity index (χ1) is 8.27. The number of rotatable bonds is 8. The van der Waals surface area contributed by atoms with E-state index in [4.69, 9.17) is 4.74 Å². The van der Waals surface area contributed by atoms with Crippen molar-refractivity contribution in [2.24, 2.45) is 5.92 Å². The van der Waals surface area contributed by atoms with Crippen molar-refractivity contribution in [3.05, 3.63) is 29.8 Å². The van der Waals surface area contributed by atoms with Gasteiger partial charge in [0.25, 0.3) is 0 Å². The topological polar surface area (TPSA) is 21.3 Å². The first-order valence-corrected chi connectivity index (χ1v) is 7.57. The number of hydrogen-bond acceptors (Lipinski definition) is 3. The van der Waals surface area contributed by atoms with Gasteiger partial charge in [0, 0.05) is 12.1 Å². The molecule has 17 heavy (non-hydrogen) atoms. The summed E-state index contributed by atoms with van der Waals surface area (Å²) in [6.45, 7) is 6.96. The van der Waals surface area contributed by atoms with E-state index in [2.05, 4.69) is 30.6 Å². The molecule has 1 unspecified atom stereocenters. The van der Waals surface area contributed by atoms with Gasteiger partial charge in [0.15, 0.2) is 0 Å². The maximum atomic E-state index is 5.60. The van der Waals surface area contributed by atoms with Crippen LogP contribution in [0, 0.1) is 5.92 Å². The number of benzene rings is 1. The molecule has 96 valence electrons. The summed E-state index contributed by atoms with van der Waals surface area (Å²) in [5.41, 5.74) is 1.24. The summed E-state index contributed by atoms with van der Waals surface area (Å²) in [6.07, 6.45) is 2.15. The highest BCUT2D eigenvalue weighted by Crippen LogP contribution is 2.17. The zero-order valence-electron chi connectivity index (χ0n) is 11.0. The lowest BCUT2D eigenvalue weighted by Gasteiger charge is -2.13.